The fourth-order valence-corrected chi connectivity index (χ4v) is 2.54. The molecule has 1 aromatic carbocycles. The van der Waals surface area contributed by atoms with Crippen molar-refractivity contribution in [2.75, 3.05) is 24.0 Å². The summed E-state index contributed by atoms with van der Waals surface area (Å²) >= 11 is 1.70. The van der Waals surface area contributed by atoms with Crippen LogP contribution < -0.4 is 4.90 Å². The molecule has 0 saturated heterocycles. The van der Waals surface area contributed by atoms with Crippen LogP contribution >= 0.6 is 11.8 Å². The van der Waals surface area contributed by atoms with Crippen molar-refractivity contribution in [1.82, 2.24) is 0 Å². The molecule has 5 nitrogen and oxygen atoms in total. The first-order valence-electron chi connectivity index (χ1n) is 6.06. The van der Waals surface area contributed by atoms with Gasteiger partial charge in [0.15, 0.2) is 0 Å². The van der Waals surface area contributed by atoms with Gasteiger partial charge in [0.05, 0.1) is 11.0 Å². The Hall–Kier alpha value is -1.27. The predicted molar refractivity (Wildman–Crippen MR) is 80.0 cm³/mol. The molecule has 0 bridgehead atoms. The van der Waals surface area contributed by atoms with Gasteiger partial charge in [-0.1, -0.05) is 6.07 Å². The largest absolute Gasteiger partial charge is 0.389 e. The van der Waals surface area contributed by atoms with E-state index in [1.54, 1.807) is 30.8 Å². The molecule has 0 fully saturated rings. The molecule has 1 N–H and O–H groups in total. The number of nitrogens with zero attached hydrogens (tertiary/aromatic N) is 2. The summed E-state index contributed by atoms with van der Waals surface area (Å²) in [5.41, 5.74) is 1.17. The standard InChI is InChI=1S/C13H20N2O3S/c1-9(8-19-4)14(3)12-6-5-11(10(2)16)7-13(12)15(17)18/h5-7,9-10,16H,8H2,1-4H3/t9?,10-/m0/s1. The third-order valence-corrected chi connectivity index (χ3v) is 3.94. The van der Waals surface area contributed by atoms with Gasteiger partial charge < -0.3 is 10.0 Å². The maximum atomic E-state index is 11.2. The number of thioether (sulfide) groups is 1. The molecule has 0 aliphatic carbocycles. The molecule has 106 valence electrons. The van der Waals surface area contributed by atoms with Crippen molar-refractivity contribution in [2.24, 2.45) is 0 Å². The van der Waals surface area contributed by atoms with Crippen LogP contribution in [0.5, 0.6) is 0 Å². The smallest absolute Gasteiger partial charge is 0.292 e. The van der Waals surface area contributed by atoms with E-state index in [4.69, 9.17) is 0 Å². The summed E-state index contributed by atoms with van der Waals surface area (Å²) in [6.07, 6.45) is 1.30. The van der Waals surface area contributed by atoms with Gasteiger partial charge in [0, 0.05) is 24.9 Å². The predicted octanol–water partition coefficient (Wildman–Crippen LogP) is 2.84. The van der Waals surface area contributed by atoms with Crippen LogP contribution in [0.2, 0.25) is 0 Å². The molecule has 2 atom stereocenters. The lowest BCUT2D eigenvalue weighted by Gasteiger charge is -2.26. The molecule has 19 heavy (non-hydrogen) atoms. The number of aliphatic hydroxyl groups excluding tert-OH is 1. The minimum absolute atomic E-state index is 0.0360. The van der Waals surface area contributed by atoms with Gasteiger partial charge in [-0.15, -0.1) is 0 Å². The Labute approximate surface area is 117 Å². The monoisotopic (exact) mass is 284 g/mol. The van der Waals surface area contributed by atoms with E-state index in [-0.39, 0.29) is 11.7 Å². The number of nitro benzene ring substituents is 1. The van der Waals surface area contributed by atoms with E-state index < -0.39 is 11.0 Å². The van der Waals surface area contributed by atoms with Gasteiger partial charge in [0.1, 0.15) is 5.69 Å². The first kappa shape index (κ1) is 15.8. The summed E-state index contributed by atoms with van der Waals surface area (Å²) < 4.78 is 0. The van der Waals surface area contributed by atoms with Crippen LogP contribution in [-0.4, -0.2) is 35.1 Å². The summed E-state index contributed by atoms with van der Waals surface area (Å²) in [7, 11) is 1.85. The maximum Gasteiger partial charge on any atom is 0.292 e. The Bertz CT molecular complexity index is 452. The molecule has 1 unspecified atom stereocenters. The highest BCUT2D eigenvalue weighted by atomic mass is 32.2. The lowest BCUT2D eigenvalue weighted by molar-refractivity contribution is -0.384. The summed E-state index contributed by atoms with van der Waals surface area (Å²) in [5.74, 6) is 0.895. The Morgan fingerprint density at radius 2 is 2.11 bits per heavy atom. The quantitative estimate of drug-likeness (QED) is 0.642. The van der Waals surface area contributed by atoms with E-state index in [9.17, 15) is 15.2 Å². The molecule has 0 amide bonds. The molecule has 0 radical (unpaired) electrons. The minimum atomic E-state index is -0.707. The Morgan fingerprint density at radius 3 is 2.58 bits per heavy atom. The van der Waals surface area contributed by atoms with Crippen LogP contribution in [0.1, 0.15) is 25.5 Å². The third-order valence-electron chi connectivity index (χ3n) is 3.13. The van der Waals surface area contributed by atoms with Crippen molar-refractivity contribution in [3.8, 4) is 0 Å². The molecular formula is C13H20N2O3S. The number of anilines is 1. The van der Waals surface area contributed by atoms with Crippen molar-refractivity contribution in [3.05, 3.63) is 33.9 Å². The maximum absolute atomic E-state index is 11.2. The van der Waals surface area contributed by atoms with Crippen molar-refractivity contribution in [2.45, 2.75) is 26.0 Å². The van der Waals surface area contributed by atoms with Crippen molar-refractivity contribution in [3.63, 3.8) is 0 Å². The lowest BCUT2D eigenvalue weighted by atomic mass is 10.1. The van der Waals surface area contributed by atoms with E-state index in [1.807, 2.05) is 25.1 Å². The molecule has 0 aliphatic heterocycles. The summed E-state index contributed by atoms with van der Waals surface area (Å²) in [5, 5.41) is 20.7. The fourth-order valence-electron chi connectivity index (χ4n) is 1.84. The molecular weight excluding hydrogens is 264 g/mol. The summed E-state index contributed by atoms with van der Waals surface area (Å²) in [4.78, 5) is 12.7. The second-order valence-electron chi connectivity index (χ2n) is 4.60. The van der Waals surface area contributed by atoms with E-state index in [2.05, 4.69) is 0 Å². The fraction of sp³-hybridized carbons (Fsp3) is 0.538. The minimum Gasteiger partial charge on any atom is -0.389 e. The number of aliphatic hydroxyl groups is 1. The van der Waals surface area contributed by atoms with Gasteiger partial charge >= 0.3 is 0 Å². The second kappa shape index (κ2) is 6.77. The molecule has 0 aromatic heterocycles. The average Bonchev–Trinajstić information content (AvgIpc) is 2.37. The first-order chi connectivity index (χ1) is 8.88. The molecule has 0 aliphatic rings. The normalized spacial score (nSPS) is 13.9. The highest BCUT2D eigenvalue weighted by Gasteiger charge is 2.21. The van der Waals surface area contributed by atoms with Gasteiger partial charge in [0.2, 0.25) is 0 Å². The topological polar surface area (TPSA) is 66.6 Å². The Balaban J connectivity index is 3.16. The average molecular weight is 284 g/mol. The van der Waals surface area contributed by atoms with Gasteiger partial charge in [-0.25, -0.2) is 0 Å². The van der Waals surface area contributed by atoms with Crippen molar-refractivity contribution < 1.29 is 10.0 Å². The van der Waals surface area contributed by atoms with Crippen molar-refractivity contribution >= 4 is 23.1 Å². The van der Waals surface area contributed by atoms with Crippen LogP contribution in [0.15, 0.2) is 18.2 Å². The van der Waals surface area contributed by atoms with Gasteiger partial charge in [-0.3, -0.25) is 10.1 Å². The molecule has 6 heteroatoms. The first-order valence-corrected chi connectivity index (χ1v) is 7.46. The van der Waals surface area contributed by atoms with Crippen LogP contribution in [0.25, 0.3) is 0 Å². The molecule has 0 heterocycles. The van der Waals surface area contributed by atoms with Crippen LogP contribution in [0, 0.1) is 10.1 Å². The number of nitro groups is 1. The number of hydrogen-bond donors (Lipinski definition) is 1. The highest BCUT2D eigenvalue weighted by Crippen LogP contribution is 2.31. The second-order valence-corrected chi connectivity index (χ2v) is 5.51. The lowest BCUT2D eigenvalue weighted by Crippen LogP contribution is -2.31. The van der Waals surface area contributed by atoms with Crippen molar-refractivity contribution in [1.29, 1.82) is 0 Å². The van der Waals surface area contributed by atoms with Crippen LogP contribution in [-0.2, 0) is 0 Å². The van der Waals surface area contributed by atoms with Gasteiger partial charge in [-0.2, -0.15) is 11.8 Å². The zero-order valence-electron chi connectivity index (χ0n) is 11.7. The van der Waals surface area contributed by atoms with Crippen LogP contribution in [0.4, 0.5) is 11.4 Å². The number of hydrogen-bond acceptors (Lipinski definition) is 5. The van der Waals surface area contributed by atoms with Gasteiger partial charge in [-0.05, 0) is 31.7 Å². The summed E-state index contributed by atoms with van der Waals surface area (Å²) in [6.45, 7) is 3.63. The van der Waals surface area contributed by atoms with E-state index in [1.165, 1.54) is 6.07 Å². The van der Waals surface area contributed by atoms with Crippen LogP contribution in [0.3, 0.4) is 0 Å². The molecule has 0 saturated carbocycles. The van der Waals surface area contributed by atoms with E-state index in [0.717, 1.165) is 5.75 Å². The Kier molecular flexibility index (Phi) is 5.62. The van der Waals surface area contributed by atoms with Gasteiger partial charge in [0.25, 0.3) is 5.69 Å². The molecule has 1 aromatic rings. The zero-order valence-corrected chi connectivity index (χ0v) is 12.5. The Morgan fingerprint density at radius 1 is 1.47 bits per heavy atom. The molecule has 1 rings (SSSR count). The third kappa shape index (κ3) is 3.84. The van der Waals surface area contributed by atoms with E-state index in [0.29, 0.717) is 11.3 Å². The zero-order chi connectivity index (χ0) is 14.6. The highest BCUT2D eigenvalue weighted by molar-refractivity contribution is 7.98. The SMILES string of the molecule is CSCC(C)N(C)c1ccc([C@H](C)O)cc1[N+](=O)[O-]. The number of rotatable bonds is 6. The molecule has 0 spiro atoms. The van der Waals surface area contributed by atoms with E-state index >= 15 is 0 Å². The summed E-state index contributed by atoms with van der Waals surface area (Å²) in [6, 6.07) is 5.08. The number of benzene rings is 1.